The van der Waals surface area contributed by atoms with Gasteiger partial charge < -0.3 is 14.4 Å². The summed E-state index contributed by atoms with van der Waals surface area (Å²) in [6.45, 7) is 7.80. The Kier molecular flexibility index (Phi) is 4.68. The Labute approximate surface area is 137 Å². The van der Waals surface area contributed by atoms with Crippen molar-refractivity contribution < 1.29 is 9.59 Å². The van der Waals surface area contributed by atoms with E-state index in [0.717, 1.165) is 44.5 Å². The van der Waals surface area contributed by atoms with Crippen LogP contribution < -0.4 is 0 Å². The molecule has 2 aliphatic heterocycles. The molecule has 0 bridgehead atoms. The summed E-state index contributed by atoms with van der Waals surface area (Å²) in [5.41, 5.74) is 1.56. The van der Waals surface area contributed by atoms with Crippen LogP contribution in [-0.4, -0.2) is 57.3 Å². The second kappa shape index (κ2) is 6.72. The molecule has 1 atom stereocenters. The van der Waals surface area contributed by atoms with Gasteiger partial charge in [0.25, 0.3) is 5.91 Å². The standard InChI is InChI=1S/C17H26N4O2/c1-3-19(4-2)17(23)15-14-8-7-13(11-21(14)12-18-15)16(22)20-9-5-6-10-20/h12-13H,3-11H2,1-2H3. The molecule has 3 heterocycles. The summed E-state index contributed by atoms with van der Waals surface area (Å²) in [4.78, 5) is 33.3. The molecular weight excluding hydrogens is 292 g/mol. The van der Waals surface area contributed by atoms with Crippen molar-refractivity contribution in [3.8, 4) is 0 Å². The van der Waals surface area contributed by atoms with Crippen molar-refractivity contribution in [2.45, 2.75) is 46.1 Å². The molecule has 1 aromatic rings. The minimum absolute atomic E-state index is 0.00747. The number of fused-ring (bicyclic) bond motifs is 1. The average Bonchev–Trinajstić information content (AvgIpc) is 3.24. The number of nitrogens with zero attached hydrogens (tertiary/aromatic N) is 4. The first-order valence-corrected chi connectivity index (χ1v) is 8.77. The third-order valence-electron chi connectivity index (χ3n) is 5.11. The molecule has 0 N–H and O–H groups in total. The van der Waals surface area contributed by atoms with Crippen LogP contribution >= 0.6 is 0 Å². The van der Waals surface area contributed by atoms with E-state index in [1.807, 2.05) is 23.3 Å². The van der Waals surface area contributed by atoms with Gasteiger partial charge in [-0.2, -0.15) is 0 Å². The molecule has 6 nitrogen and oxygen atoms in total. The normalized spacial score (nSPS) is 20.4. The molecule has 2 amide bonds. The Morgan fingerprint density at radius 1 is 1.26 bits per heavy atom. The van der Waals surface area contributed by atoms with E-state index in [9.17, 15) is 9.59 Å². The largest absolute Gasteiger partial charge is 0.342 e. The van der Waals surface area contributed by atoms with Crippen molar-refractivity contribution in [3.63, 3.8) is 0 Å². The molecular formula is C17H26N4O2. The SMILES string of the molecule is CCN(CC)C(=O)c1ncn2c1CCC(C(=O)N1CCCC1)C2. The molecule has 1 saturated heterocycles. The number of amides is 2. The first kappa shape index (κ1) is 16.0. The van der Waals surface area contributed by atoms with Gasteiger partial charge in [-0.25, -0.2) is 4.98 Å². The summed E-state index contributed by atoms with van der Waals surface area (Å²) in [5, 5.41) is 0. The Morgan fingerprint density at radius 3 is 2.61 bits per heavy atom. The van der Waals surface area contributed by atoms with E-state index in [4.69, 9.17) is 0 Å². The van der Waals surface area contributed by atoms with Gasteiger partial charge in [0, 0.05) is 32.7 Å². The predicted octanol–water partition coefficient (Wildman–Crippen LogP) is 1.55. The zero-order valence-electron chi connectivity index (χ0n) is 14.1. The maximum Gasteiger partial charge on any atom is 0.274 e. The Morgan fingerprint density at radius 2 is 1.96 bits per heavy atom. The van der Waals surface area contributed by atoms with Crippen molar-refractivity contribution in [2.75, 3.05) is 26.2 Å². The van der Waals surface area contributed by atoms with E-state index < -0.39 is 0 Å². The smallest absolute Gasteiger partial charge is 0.274 e. The highest BCUT2D eigenvalue weighted by atomic mass is 16.2. The van der Waals surface area contributed by atoms with Crippen LogP contribution in [-0.2, 0) is 17.8 Å². The van der Waals surface area contributed by atoms with Gasteiger partial charge >= 0.3 is 0 Å². The quantitative estimate of drug-likeness (QED) is 0.846. The van der Waals surface area contributed by atoms with Crippen LogP contribution in [0.2, 0.25) is 0 Å². The summed E-state index contributed by atoms with van der Waals surface area (Å²) in [7, 11) is 0. The molecule has 126 valence electrons. The maximum atomic E-state index is 12.6. The van der Waals surface area contributed by atoms with Crippen molar-refractivity contribution >= 4 is 11.8 Å². The minimum Gasteiger partial charge on any atom is -0.342 e. The number of imidazole rings is 1. The second-order valence-electron chi connectivity index (χ2n) is 6.44. The lowest BCUT2D eigenvalue weighted by Crippen LogP contribution is -2.38. The highest BCUT2D eigenvalue weighted by Gasteiger charge is 2.32. The lowest BCUT2D eigenvalue weighted by atomic mass is 9.95. The van der Waals surface area contributed by atoms with Crippen LogP contribution in [0.4, 0.5) is 0 Å². The Balaban J connectivity index is 1.73. The van der Waals surface area contributed by atoms with E-state index >= 15 is 0 Å². The fourth-order valence-electron chi connectivity index (χ4n) is 3.70. The lowest BCUT2D eigenvalue weighted by molar-refractivity contribution is -0.135. The van der Waals surface area contributed by atoms with Crippen molar-refractivity contribution in [1.82, 2.24) is 19.4 Å². The van der Waals surface area contributed by atoms with Crippen LogP contribution in [0.5, 0.6) is 0 Å². The first-order chi connectivity index (χ1) is 11.2. The summed E-state index contributed by atoms with van der Waals surface area (Å²) in [6.07, 6.45) is 5.55. The fraction of sp³-hybridized carbons (Fsp3) is 0.706. The van der Waals surface area contributed by atoms with E-state index in [-0.39, 0.29) is 17.7 Å². The molecule has 1 fully saturated rings. The molecule has 6 heteroatoms. The minimum atomic E-state index is 0.00747. The number of likely N-dealkylation sites (tertiary alicyclic amines) is 1. The molecule has 23 heavy (non-hydrogen) atoms. The van der Waals surface area contributed by atoms with Gasteiger partial charge in [0.15, 0.2) is 0 Å². The third kappa shape index (κ3) is 2.99. The highest BCUT2D eigenvalue weighted by molar-refractivity contribution is 5.93. The van der Waals surface area contributed by atoms with Crippen molar-refractivity contribution in [2.24, 2.45) is 5.92 Å². The van der Waals surface area contributed by atoms with Crippen LogP contribution in [0.1, 0.15) is 49.3 Å². The zero-order chi connectivity index (χ0) is 16.4. The third-order valence-corrected chi connectivity index (χ3v) is 5.11. The van der Waals surface area contributed by atoms with Crippen molar-refractivity contribution in [1.29, 1.82) is 0 Å². The number of carbonyl (C=O) groups is 2. The van der Waals surface area contributed by atoms with E-state index in [2.05, 4.69) is 4.98 Å². The summed E-state index contributed by atoms with van der Waals surface area (Å²) in [5.74, 6) is 0.317. The molecule has 1 unspecified atom stereocenters. The number of hydrogen-bond acceptors (Lipinski definition) is 3. The Bertz CT molecular complexity index is 585. The first-order valence-electron chi connectivity index (χ1n) is 8.77. The average molecular weight is 318 g/mol. The summed E-state index contributed by atoms with van der Waals surface area (Å²) < 4.78 is 2.01. The van der Waals surface area contributed by atoms with E-state index in [1.54, 1.807) is 11.2 Å². The summed E-state index contributed by atoms with van der Waals surface area (Å²) in [6, 6.07) is 0. The van der Waals surface area contributed by atoms with Gasteiger partial charge in [-0.05, 0) is 39.5 Å². The molecule has 0 radical (unpaired) electrons. The summed E-state index contributed by atoms with van der Waals surface area (Å²) >= 11 is 0. The van der Waals surface area contributed by atoms with Gasteiger partial charge in [0.05, 0.1) is 17.9 Å². The van der Waals surface area contributed by atoms with Crippen LogP contribution in [0.15, 0.2) is 6.33 Å². The zero-order valence-corrected chi connectivity index (χ0v) is 14.1. The molecule has 3 rings (SSSR count). The molecule has 0 aliphatic carbocycles. The fourth-order valence-corrected chi connectivity index (χ4v) is 3.70. The van der Waals surface area contributed by atoms with Gasteiger partial charge in [0.1, 0.15) is 5.69 Å². The van der Waals surface area contributed by atoms with E-state index in [0.29, 0.717) is 25.3 Å². The number of rotatable bonds is 4. The van der Waals surface area contributed by atoms with E-state index in [1.165, 1.54) is 0 Å². The molecule has 0 saturated carbocycles. The number of hydrogen-bond donors (Lipinski definition) is 0. The van der Waals surface area contributed by atoms with Crippen LogP contribution in [0.3, 0.4) is 0 Å². The van der Waals surface area contributed by atoms with Crippen LogP contribution in [0, 0.1) is 5.92 Å². The van der Waals surface area contributed by atoms with Gasteiger partial charge in [-0.15, -0.1) is 0 Å². The molecule has 0 aromatic carbocycles. The Hall–Kier alpha value is -1.85. The molecule has 0 spiro atoms. The topological polar surface area (TPSA) is 58.4 Å². The monoisotopic (exact) mass is 318 g/mol. The highest BCUT2D eigenvalue weighted by Crippen LogP contribution is 2.26. The predicted molar refractivity (Wildman–Crippen MR) is 87.1 cm³/mol. The van der Waals surface area contributed by atoms with Crippen LogP contribution in [0.25, 0.3) is 0 Å². The molecule has 2 aliphatic rings. The molecule has 1 aromatic heterocycles. The van der Waals surface area contributed by atoms with Crippen molar-refractivity contribution in [3.05, 3.63) is 17.7 Å². The van der Waals surface area contributed by atoms with Gasteiger partial charge in [-0.3, -0.25) is 9.59 Å². The number of aromatic nitrogens is 2. The van der Waals surface area contributed by atoms with Gasteiger partial charge in [0.2, 0.25) is 5.91 Å². The number of carbonyl (C=O) groups excluding carboxylic acids is 2. The van der Waals surface area contributed by atoms with Gasteiger partial charge in [-0.1, -0.05) is 0 Å². The lowest BCUT2D eigenvalue weighted by Gasteiger charge is -2.28. The second-order valence-corrected chi connectivity index (χ2v) is 6.44. The maximum absolute atomic E-state index is 12.6.